The monoisotopic (exact) mass is 400 g/mol. The third kappa shape index (κ3) is 4.79. The number of methoxy groups -OCH3 is 1. The van der Waals surface area contributed by atoms with Crippen molar-refractivity contribution in [3.8, 4) is 5.75 Å². The van der Waals surface area contributed by atoms with Gasteiger partial charge in [0.25, 0.3) is 5.91 Å². The number of furan rings is 1. The molecule has 7 heteroatoms. The first-order valence-electron chi connectivity index (χ1n) is 9.77. The lowest BCUT2D eigenvalue weighted by atomic mass is 9.73. The first kappa shape index (κ1) is 20.9. The van der Waals surface area contributed by atoms with Crippen molar-refractivity contribution in [3.63, 3.8) is 0 Å². The van der Waals surface area contributed by atoms with E-state index in [2.05, 4.69) is 16.7 Å². The summed E-state index contributed by atoms with van der Waals surface area (Å²) in [6.07, 6.45) is 3.02. The molecular weight excluding hydrogens is 372 g/mol. The van der Waals surface area contributed by atoms with Gasteiger partial charge in [-0.15, -0.1) is 0 Å². The van der Waals surface area contributed by atoms with Gasteiger partial charge in [-0.25, -0.2) is 0 Å². The van der Waals surface area contributed by atoms with Crippen LogP contribution in [0.2, 0.25) is 0 Å². The predicted octanol–water partition coefficient (Wildman–Crippen LogP) is 2.50. The van der Waals surface area contributed by atoms with Crippen LogP contribution in [-0.4, -0.2) is 45.2 Å². The number of carbonyl (C=O) groups is 2. The van der Waals surface area contributed by atoms with Crippen molar-refractivity contribution in [2.45, 2.75) is 32.1 Å². The molecule has 0 aliphatic carbocycles. The van der Waals surface area contributed by atoms with Gasteiger partial charge in [0.1, 0.15) is 11.5 Å². The molecule has 0 unspecified atom stereocenters. The maximum absolute atomic E-state index is 12.4. The lowest BCUT2D eigenvalue weighted by Gasteiger charge is -2.38. The van der Waals surface area contributed by atoms with Crippen molar-refractivity contribution in [1.29, 1.82) is 0 Å². The predicted molar refractivity (Wildman–Crippen MR) is 108 cm³/mol. The van der Waals surface area contributed by atoms with E-state index in [0.29, 0.717) is 31.1 Å². The van der Waals surface area contributed by atoms with E-state index in [1.54, 1.807) is 20.1 Å². The molecular formula is C22H28N2O5. The fourth-order valence-corrected chi connectivity index (χ4v) is 3.75. The van der Waals surface area contributed by atoms with E-state index in [0.717, 1.165) is 29.7 Å². The average Bonchev–Trinajstić information content (AvgIpc) is 3.17. The Kier molecular flexibility index (Phi) is 6.59. The number of hydrogen-bond donors (Lipinski definition) is 2. The summed E-state index contributed by atoms with van der Waals surface area (Å²) < 4.78 is 16.3. The highest BCUT2D eigenvalue weighted by atomic mass is 16.5. The molecule has 0 atom stereocenters. The molecule has 156 valence electrons. The summed E-state index contributed by atoms with van der Waals surface area (Å²) in [5.41, 5.74) is 2.39. The maximum atomic E-state index is 12.4. The first-order chi connectivity index (χ1) is 13.9. The third-order valence-corrected chi connectivity index (χ3v) is 5.51. The second kappa shape index (κ2) is 9.13. The van der Waals surface area contributed by atoms with Crippen LogP contribution in [0, 0.1) is 13.8 Å². The van der Waals surface area contributed by atoms with Crippen LogP contribution in [0.1, 0.15) is 40.1 Å². The van der Waals surface area contributed by atoms with Crippen LogP contribution in [0.4, 0.5) is 0 Å². The third-order valence-electron chi connectivity index (χ3n) is 5.51. The minimum absolute atomic E-state index is 0.0962. The van der Waals surface area contributed by atoms with Gasteiger partial charge in [0.05, 0.1) is 25.5 Å². The molecule has 2 aromatic rings. The molecule has 2 heterocycles. The summed E-state index contributed by atoms with van der Waals surface area (Å²) in [6.45, 7) is 5.37. The number of amides is 2. The Morgan fingerprint density at radius 2 is 1.90 bits per heavy atom. The molecule has 1 aromatic heterocycles. The zero-order chi connectivity index (χ0) is 20.9. The SMILES string of the molecule is COc1ccc(C)cc1C1(CNC(=O)CNC(=O)c2ccoc2C)CCOCC1. The van der Waals surface area contributed by atoms with E-state index in [9.17, 15) is 9.59 Å². The Labute approximate surface area is 170 Å². The number of nitrogens with one attached hydrogen (secondary N) is 2. The van der Waals surface area contributed by atoms with E-state index in [1.165, 1.54) is 6.26 Å². The minimum atomic E-state index is -0.326. The molecule has 0 spiro atoms. The molecule has 1 aromatic carbocycles. The summed E-state index contributed by atoms with van der Waals surface area (Å²) in [4.78, 5) is 24.6. The zero-order valence-electron chi connectivity index (χ0n) is 17.2. The highest BCUT2D eigenvalue weighted by Crippen LogP contribution is 2.40. The number of rotatable bonds is 7. The van der Waals surface area contributed by atoms with Crippen LogP contribution >= 0.6 is 0 Å². The number of hydrogen-bond acceptors (Lipinski definition) is 5. The lowest BCUT2D eigenvalue weighted by molar-refractivity contribution is -0.120. The molecule has 0 saturated carbocycles. The number of aryl methyl sites for hydroxylation is 2. The maximum Gasteiger partial charge on any atom is 0.255 e. The van der Waals surface area contributed by atoms with Crippen molar-refractivity contribution in [3.05, 3.63) is 53.0 Å². The van der Waals surface area contributed by atoms with Gasteiger partial charge < -0.3 is 24.5 Å². The number of benzene rings is 1. The summed E-state index contributed by atoms with van der Waals surface area (Å²) in [5.74, 6) is 0.774. The Balaban J connectivity index is 1.67. The van der Waals surface area contributed by atoms with Crippen LogP contribution in [0.25, 0.3) is 0 Å². The van der Waals surface area contributed by atoms with Crippen molar-refractivity contribution in [1.82, 2.24) is 10.6 Å². The highest BCUT2D eigenvalue weighted by molar-refractivity contribution is 5.97. The smallest absolute Gasteiger partial charge is 0.255 e. The van der Waals surface area contributed by atoms with Crippen LogP contribution in [0.15, 0.2) is 34.9 Å². The van der Waals surface area contributed by atoms with Gasteiger partial charge in [-0.1, -0.05) is 17.7 Å². The van der Waals surface area contributed by atoms with Gasteiger partial charge in [-0.05, 0) is 38.8 Å². The molecule has 3 rings (SSSR count). The molecule has 29 heavy (non-hydrogen) atoms. The van der Waals surface area contributed by atoms with E-state index in [1.807, 2.05) is 19.1 Å². The van der Waals surface area contributed by atoms with Gasteiger partial charge in [0.15, 0.2) is 0 Å². The molecule has 0 radical (unpaired) electrons. The van der Waals surface area contributed by atoms with Gasteiger partial charge in [0, 0.05) is 30.7 Å². The van der Waals surface area contributed by atoms with E-state index in [-0.39, 0.29) is 23.8 Å². The molecule has 1 fully saturated rings. The fourth-order valence-electron chi connectivity index (χ4n) is 3.75. The molecule has 1 saturated heterocycles. The Morgan fingerprint density at radius 1 is 1.14 bits per heavy atom. The topological polar surface area (TPSA) is 89.8 Å². The molecule has 7 nitrogen and oxygen atoms in total. The van der Waals surface area contributed by atoms with Crippen molar-refractivity contribution < 1.29 is 23.5 Å². The largest absolute Gasteiger partial charge is 0.496 e. The Hall–Kier alpha value is -2.80. The Bertz CT molecular complexity index is 868. The minimum Gasteiger partial charge on any atom is -0.496 e. The van der Waals surface area contributed by atoms with Gasteiger partial charge >= 0.3 is 0 Å². The van der Waals surface area contributed by atoms with Crippen molar-refractivity contribution in [2.24, 2.45) is 0 Å². The summed E-state index contributed by atoms with van der Waals surface area (Å²) >= 11 is 0. The quantitative estimate of drug-likeness (QED) is 0.745. The summed E-state index contributed by atoms with van der Waals surface area (Å²) in [5, 5.41) is 5.63. The fraction of sp³-hybridized carbons (Fsp3) is 0.455. The second-order valence-electron chi connectivity index (χ2n) is 7.45. The molecule has 1 aliphatic rings. The second-order valence-corrected chi connectivity index (χ2v) is 7.45. The van der Waals surface area contributed by atoms with Crippen molar-refractivity contribution in [2.75, 3.05) is 33.4 Å². The number of carbonyl (C=O) groups excluding carboxylic acids is 2. The molecule has 2 amide bonds. The van der Waals surface area contributed by atoms with E-state index in [4.69, 9.17) is 13.9 Å². The standard InChI is InChI=1S/C22H28N2O5/c1-15-4-5-19(27-3)18(12-15)22(7-10-28-11-8-22)14-24-20(25)13-23-21(26)17-6-9-29-16(17)2/h4-6,9,12H,7-8,10-11,13-14H2,1-3H3,(H,23,26)(H,24,25). The molecule has 2 N–H and O–H groups in total. The highest BCUT2D eigenvalue weighted by Gasteiger charge is 2.37. The van der Waals surface area contributed by atoms with E-state index < -0.39 is 0 Å². The van der Waals surface area contributed by atoms with Crippen LogP contribution in [-0.2, 0) is 14.9 Å². The Morgan fingerprint density at radius 3 is 2.55 bits per heavy atom. The molecule has 0 bridgehead atoms. The first-order valence-corrected chi connectivity index (χ1v) is 9.77. The van der Waals surface area contributed by atoms with Crippen LogP contribution in [0.3, 0.4) is 0 Å². The zero-order valence-corrected chi connectivity index (χ0v) is 17.2. The normalized spacial score (nSPS) is 15.6. The van der Waals surface area contributed by atoms with Gasteiger partial charge in [-0.2, -0.15) is 0 Å². The van der Waals surface area contributed by atoms with Crippen LogP contribution in [0.5, 0.6) is 5.75 Å². The molecule has 1 aliphatic heterocycles. The van der Waals surface area contributed by atoms with Gasteiger partial charge in [-0.3, -0.25) is 9.59 Å². The lowest BCUT2D eigenvalue weighted by Crippen LogP contribution is -2.47. The number of ether oxygens (including phenoxy) is 2. The van der Waals surface area contributed by atoms with E-state index >= 15 is 0 Å². The average molecular weight is 400 g/mol. The summed E-state index contributed by atoms with van der Waals surface area (Å²) in [6, 6.07) is 7.70. The van der Waals surface area contributed by atoms with Crippen molar-refractivity contribution >= 4 is 11.8 Å². The van der Waals surface area contributed by atoms with Crippen LogP contribution < -0.4 is 15.4 Å². The summed E-state index contributed by atoms with van der Waals surface area (Å²) in [7, 11) is 1.66. The van der Waals surface area contributed by atoms with Gasteiger partial charge in [0.2, 0.25) is 5.91 Å².